The molecule has 1 saturated heterocycles. The minimum absolute atomic E-state index is 0.00695. The fraction of sp³-hybridized carbons (Fsp3) is 0.444. The number of benzene rings is 1. The molecule has 0 radical (unpaired) electrons. The molecule has 0 bridgehead atoms. The summed E-state index contributed by atoms with van der Waals surface area (Å²) in [5.74, 6) is 0.223. The number of imidazole rings is 1. The highest BCUT2D eigenvalue weighted by Gasteiger charge is 2.41. The lowest BCUT2D eigenvalue weighted by Crippen LogP contribution is -2.36. The molecule has 0 spiro atoms. The molecule has 0 aliphatic carbocycles. The molecule has 6 heteroatoms. The van der Waals surface area contributed by atoms with Crippen molar-refractivity contribution in [3.8, 4) is 0 Å². The molecule has 4 rings (SSSR count). The number of rotatable bonds is 3. The number of ether oxygens (including phenoxy) is 1. The molecular weight excluding hydrogens is 309 g/mol. The standard InChI is InChI=1S/C18H20FN3O2/c1-2-21-9-7-20-17(21)16-14(6-10-24-16)18(23)22-8-5-12-3-4-13(19)11-15(12)22/h3-4,7,9,11,14,16H,2,5-6,8,10H2,1H3/t14-,16-/m1/s1. The van der Waals surface area contributed by atoms with Gasteiger partial charge in [0.2, 0.25) is 5.91 Å². The Hall–Kier alpha value is -2.21. The molecule has 1 aromatic heterocycles. The fourth-order valence-corrected chi connectivity index (χ4v) is 3.72. The summed E-state index contributed by atoms with van der Waals surface area (Å²) in [4.78, 5) is 19.2. The van der Waals surface area contributed by atoms with Crippen LogP contribution in [0.4, 0.5) is 10.1 Å². The zero-order chi connectivity index (χ0) is 16.7. The van der Waals surface area contributed by atoms with Gasteiger partial charge in [-0.05, 0) is 37.5 Å². The van der Waals surface area contributed by atoms with Crippen LogP contribution in [0.25, 0.3) is 0 Å². The molecule has 5 nitrogen and oxygen atoms in total. The average molecular weight is 329 g/mol. The van der Waals surface area contributed by atoms with Gasteiger partial charge in [-0.3, -0.25) is 4.79 Å². The van der Waals surface area contributed by atoms with Crippen molar-refractivity contribution in [3.63, 3.8) is 0 Å². The molecule has 2 aliphatic heterocycles. The summed E-state index contributed by atoms with van der Waals surface area (Å²) in [7, 11) is 0. The summed E-state index contributed by atoms with van der Waals surface area (Å²) < 4.78 is 21.4. The van der Waals surface area contributed by atoms with Crippen LogP contribution in [0.15, 0.2) is 30.6 Å². The third-order valence-corrected chi connectivity index (χ3v) is 4.96. The predicted molar refractivity (Wildman–Crippen MR) is 87.2 cm³/mol. The van der Waals surface area contributed by atoms with Crippen molar-refractivity contribution < 1.29 is 13.9 Å². The molecule has 2 atom stereocenters. The van der Waals surface area contributed by atoms with E-state index in [9.17, 15) is 9.18 Å². The van der Waals surface area contributed by atoms with Crippen LogP contribution < -0.4 is 4.90 Å². The lowest BCUT2D eigenvalue weighted by molar-refractivity contribution is -0.124. The SMILES string of the molecule is CCn1ccnc1[C@@H]1OCC[C@H]1C(=O)N1CCc2ccc(F)cc21. The van der Waals surface area contributed by atoms with Crippen LogP contribution in [-0.4, -0.2) is 28.6 Å². The van der Waals surface area contributed by atoms with Gasteiger partial charge in [-0.1, -0.05) is 6.07 Å². The monoisotopic (exact) mass is 329 g/mol. The van der Waals surface area contributed by atoms with Gasteiger partial charge in [0.25, 0.3) is 0 Å². The molecule has 0 N–H and O–H groups in total. The molecule has 0 unspecified atom stereocenters. The van der Waals surface area contributed by atoms with Crippen LogP contribution in [0.5, 0.6) is 0 Å². The number of amides is 1. The first-order valence-corrected chi connectivity index (χ1v) is 8.41. The number of hydrogen-bond donors (Lipinski definition) is 0. The Bertz CT molecular complexity index is 773. The third kappa shape index (κ3) is 2.41. The fourth-order valence-electron chi connectivity index (χ4n) is 3.72. The van der Waals surface area contributed by atoms with Gasteiger partial charge in [0.1, 0.15) is 17.7 Å². The molecule has 126 valence electrons. The Morgan fingerprint density at radius 1 is 1.46 bits per heavy atom. The smallest absolute Gasteiger partial charge is 0.233 e. The largest absolute Gasteiger partial charge is 0.369 e. The number of fused-ring (bicyclic) bond motifs is 1. The summed E-state index contributed by atoms with van der Waals surface area (Å²) in [6.07, 6.45) is 4.75. The number of aryl methyl sites for hydroxylation is 1. The summed E-state index contributed by atoms with van der Waals surface area (Å²) >= 11 is 0. The molecule has 1 fully saturated rings. The third-order valence-electron chi connectivity index (χ3n) is 4.96. The van der Waals surface area contributed by atoms with E-state index < -0.39 is 0 Å². The Labute approximate surface area is 140 Å². The second kappa shape index (κ2) is 6.02. The highest BCUT2D eigenvalue weighted by Crippen LogP contribution is 2.38. The maximum atomic E-state index is 13.6. The summed E-state index contributed by atoms with van der Waals surface area (Å²) in [6.45, 7) is 3.97. The van der Waals surface area contributed by atoms with Crippen molar-refractivity contribution in [3.05, 3.63) is 47.8 Å². The first-order chi connectivity index (χ1) is 11.7. The van der Waals surface area contributed by atoms with Gasteiger partial charge in [-0.15, -0.1) is 0 Å². The number of carbonyl (C=O) groups excluding carboxylic acids is 1. The van der Waals surface area contributed by atoms with E-state index >= 15 is 0 Å². The second-order valence-corrected chi connectivity index (χ2v) is 6.27. The summed E-state index contributed by atoms with van der Waals surface area (Å²) in [5.41, 5.74) is 1.72. The van der Waals surface area contributed by atoms with Crippen LogP contribution in [0.1, 0.15) is 30.8 Å². The van der Waals surface area contributed by atoms with Gasteiger partial charge in [-0.2, -0.15) is 0 Å². The van der Waals surface area contributed by atoms with E-state index in [1.165, 1.54) is 12.1 Å². The number of hydrogen-bond acceptors (Lipinski definition) is 3. The molecule has 2 aliphatic rings. The van der Waals surface area contributed by atoms with E-state index in [0.717, 1.165) is 24.4 Å². The maximum absolute atomic E-state index is 13.6. The quantitative estimate of drug-likeness (QED) is 0.870. The minimum Gasteiger partial charge on any atom is -0.369 e. The van der Waals surface area contributed by atoms with Crippen LogP contribution in [0, 0.1) is 11.7 Å². The highest BCUT2D eigenvalue weighted by atomic mass is 19.1. The molecular formula is C18H20FN3O2. The normalized spacial score (nSPS) is 22.8. The minimum atomic E-state index is -0.329. The van der Waals surface area contributed by atoms with Crippen molar-refractivity contribution >= 4 is 11.6 Å². The molecule has 24 heavy (non-hydrogen) atoms. The Morgan fingerprint density at radius 2 is 2.33 bits per heavy atom. The molecule has 2 aromatic rings. The van der Waals surface area contributed by atoms with Gasteiger partial charge in [0.15, 0.2) is 0 Å². The van der Waals surface area contributed by atoms with Gasteiger partial charge in [0.05, 0.1) is 5.92 Å². The van der Waals surface area contributed by atoms with Crippen molar-refractivity contribution in [1.29, 1.82) is 0 Å². The van der Waals surface area contributed by atoms with Crippen LogP contribution in [-0.2, 0) is 22.5 Å². The van der Waals surface area contributed by atoms with E-state index in [2.05, 4.69) is 4.98 Å². The maximum Gasteiger partial charge on any atom is 0.233 e. The lowest BCUT2D eigenvalue weighted by Gasteiger charge is -2.24. The first kappa shape index (κ1) is 15.3. The number of carbonyl (C=O) groups is 1. The van der Waals surface area contributed by atoms with Crippen molar-refractivity contribution in [2.24, 2.45) is 5.92 Å². The number of aromatic nitrogens is 2. The highest BCUT2D eigenvalue weighted by molar-refractivity contribution is 5.97. The van der Waals surface area contributed by atoms with Crippen molar-refractivity contribution in [2.45, 2.75) is 32.4 Å². The van der Waals surface area contributed by atoms with Crippen molar-refractivity contribution in [1.82, 2.24) is 9.55 Å². The molecule has 0 saturated carbocycles. The zero-order valence-electron chi connectivity index (χ0n) is 13.6. The topological polar surface area (TPSA) is 47.4 Å². The Balaban J connectivity index is 1.62. The lowest BCUT2D eigenvalue weighted by atomic mass is 9.98. The predicted octanol–water partition coefficient (Wildman–Crippen LogP) is 2.71. The van der Waals surface area contributed by atoms with E-state index in [4.69, 9.17) is 4.74 Å². The summed E-state index contributed by atoms with van der Waals surface area (Å²) in [5, 5.41) is 0. The van der Waals surface area contributed by atoms with Crippen molar-refractivity contribution in [2.75, 3.05) is 18.1 Å². The van der Waals surface area contributed by atoms with Crippen LogP contribution in [0.3, 0.4) is 0 Å². The molecule has 3 heterocycles. The second-order valence-electron chi connectivity index (χ2n) is 6.27. The Morgan fingerprint density at radius 3 is 3.17 bits per heavy atom. The molecule has 1 amide bonds. The van der Waals surface area contributed by atoms with Gasteiger partial charge >= 0.3 is 0 Å². The zero-order valence-corrected chi connectivity index (χ0v) is 13.6. The first-order valence-electron chi connectivity index (χ1n) is 8.41. The van der Waals surface area contributed by atoms with Gasteiger partial charge < -0.3 is 14.2 Å². The van der Waals surface area contributed by atoms with Crippen LogP contribution in [0.2, 0.25) is 0 Å². The van der Waals surface area contributed by atoms with E-state index in [0.29, 0.717) is 25.3 Å². The average Bonchev–Trinajstić information content (AvgIpc) is 3.31. The van der Waals surface area contributed by atoms with Gasteiger partial charge in [0, 0.05) is 37.8 Å². The summed E-state index contributed by atoms with van der Waals surface area (Å²) in [6, 6.07) is 4.68. The van der Waals surface area contributed by atoms with E-state index in [-0.39, 0.29) is 23.7 Å². The molecule has 1 aromatic carbocycles. The van der Waals surface area contributed by atoms with Crippen LogP contribution >= 0.6 is 0 Å². The Kier molecular flexibility index (Phi) is 3.84. The van der Waals surface area contributed by atoms with E-state index in [1.54, 1.807) is 17.2 Å². The van der Waals surface area contributed by atoms with E-state index in [1.807, 2.05) is 17.7 Å². The number of nitrogens with zero attached hydrogens (tertiary/aromatic N) is 3. The number of anilines is 1. The number of halogens is 1. The van der Waals surface area contributed by atoms with Gasteiger partial charge in [-0.25, -0.2) is 9.37 Å².